The molecule has 4 N–H and O–H groups in total. The molecule has 0 aromatic carbocycles. The lowest BCUT2D eigenvalue weighted by Gasteiger charge is -2.19. The molecule has 1 aliphatic rings. The Hall–Kier alpha value is -3.78. The maximum atomic E-state index is 13.2. The Labute approximate surface area is 226 Å². The third-order valence-corrected chi connectivity index (χ3v) is 8.40. The number of nitrogen functional groups attached to an aromatic ring is 1. The molecule has 1 aliphatic heterocycles. The van der Waals surface area contributed by atoms with E-state index in [4.69, 9.17) is 15.6 Å². The highest BCUT2D eigenvalue weighted by molar-refractivity contribution is 8.00. The molecule has 0 saturated carbocycles. The summed E-state index contributed by atoms with van der Waals surface area (Å²) in [7, 11) is 1.63. The van der Waals surface area contributed by atoms with Crippen molar-refractivity contribution in [2.45, 2.75) is 56.4 Å². The lowest BCUT2D eigenvalue weighted by Crippen LogP contribution is -2.29. The van der Waals surface area contributed by atoms with E-state index < -0.39 is 17.1 Å². The number of carbonyl (C=O) groups excluding carboxylic acids is 1. The molecule has 5 rings (SSSR count). The summed E-state index contributed by atoms with van der Waals surface area (Å²) in [5.41, 5.74) is 10.4. The predicted octanol–water partition coefficient (Wildman–Crippen LogP) is 3.17. The minimum absolute atomic E-state index is 0.0868. The van der Waals surface area contributed by atoms with Gasteiger partial charge in [-0.15, -0.1) is 11.3 Å². The predicted molar refractivity (Wildman–Crippen MR) is 144 cm³/mol. The first-order valence-corrected chi connectivity index (χ1v) is 13.6. The number of nitrogens with zero attached hydrogens (tertiary/aromatic N) is 6. The number of nitrogens with one attached hydrogen (secondary N) is 1. The fraction of sp³-hybridized carbons (Fsp3) is 0.375. The third-order valence-electron chi connectivity index (χ3n) is 6.44. The molecular weight excluding hydrogens is 528 g/mol. The smallest absolute Gasteiger partial charge is 0.312 e. The molecule has 0 radical (unpaired) electrons. The summed E-state index contributed by atoms with van der Waals surface area (Å²) < 4.78 is 7.28. The highest BCUT2D eigenvalue weighted by atomic mass is 32.2. The van der Waals surface area contributed by atoms with Gasteiger partial charge in [-0.2, -0.15) is 10.1 Å². The normalized spacial score (nSPS) is 15.4. The SMILES string of the molecule is CCC(C(=O)O)c1csc(NC(=O)C2Cc3nn(Cc4ncc(C)c(OC)c4C)c4nc(N)nc(c34)S2)n1. The first kappa shape index (κ1) is 25.9. The second-order valence-electron chi connectivity index (χ2n) is 8.91. The van der Waals surface area contributed by atoms with Gasteiger partial charge >= 0.3 is 5.97 Å². The van der Waals surface area contributed by atoms with Crippen LogP contribution < -0.4 is 15.8 Å². The number of hydrogen-bond acceptors (Lipinski definition) is 11. The summed E-state index contributed by atoms with van der Waals surface area (Å²) in [6.45, 7) is 6.02. The first-order chi connectivity index (χ1) is 18.2. The van der Waals surface area contributed by atoms with E-state index in [0.29, 0.717) is 46.6 Å². The Morgan fingerprint density at radius 2 is 2.11 bits per heavy atom. The van der Waals surface area contributed by atoms with Gasteiger partial charge in [0.25, 0.3) is 0 Å². The number of aryl methyl sites for hydroxylation is 1. The number of hydrogen-bond donors (Lipinski definition) is 3. The standard InChI is InChI=1S/C24H26N8O4S2/c1-5-12(22(34)35)15-9-37-24(27-15)29-20(33)16-6-13-17-19(28-23(25)30-21(17)38-16)32(31-13)8-14-11(3)18(36-4)10(2)7-26-14/h7,9,12,16H,5-6,8H2,1-4H3,(H,34,35)(H2,25,28,30)(H,27,29,33). The number of thioether (sulfide) groups is 1. The molecule has 198 valence electrons. The highest BCUT2D eigenvalue weighted by Crippen LogP contribution is 2.39. The summed E-state index contributed by atoms with van der Waals surface area (Å²) in [4.78, 5) is 42.4. The van der Waals surface area contributed by atoms with Crippen LogP contribution >= 0.6 is 23.1 Å². The van der Waals surface area contributed by atoms with Crippen molar-refractivity contribution in [2.75, 3.05) is 18.2 Å². The fourth-order valence-corrected chi connectivity index (χ4v) is 6.45. The monoisotopic (exact) mass is 554 g/mol. The number of anilines is 2. The number of methoxy groups -OCH3 is 1. The number of aliphatic carboxylic acids is 1. The van der Waals surface area contributed by atoms with Crippen molar-refractivity contribution >= 4 is 57.1 Å². The summed E-state index contributed by atoms with van der Waals surface area (Å²) in [5, 5.41) is 19.8. The molecule has 2 unspecified atom stereocenters. The number of carboxylic acids is 1. The number of rotatable bonds is 8. The van der Waals surface area contributed by atoms with Gasteiger partial charge in [-0.05, 0) is 20.3 Å². The Morgan fingerprint density at radius 1 is 1.32 bits per heavy atom. The molecule has 14 heteroatoms. The van der Waals surface area contributed by atoms with Crippen molar-refractivity contribution in [3.63, 3.8) is 0 Å². The van der Waals surface area contributed by atoms with E-state index in [-0.39, 0.29) is 11.9 Å². The molecule has 5 heterocycles. The molecule has 0 bridgehead atoms. The zero-order chi connectivity index (χ0) is 27.1. The first-order valence-electron chi connectivity index (χ1n) is 11.9. The van der Waals surface area contributed by atoms with Crippen LogP contribution in [0.1, 0.15) is 47.5 Å². The van der Waals surface area contributed by atoms with Gasteiger partial charge in [0, 0.05) is 29.1 Å². The lowest BCUT2D eigenvalue weighted by molar-refractivity contribution is -0.138. The van der Waals surface area contributed by atoms with Gasteiger partial charge in [0.2, 0.25) is 11.9 Å². The van der Waals surface area contributed by atoms with Crippen molar-refractivity contribution < 1.29 is 19.4 Å². The topological polar surface area (TPSA) is 171 Å². The summed E-state index contributed by atoms with van der Waals surface area (Å²) in [6.07, 6.45) is 2.53. The number of amides is 1. The average molecular weight is 555 g/mol. The van der Waals surface area contributed by atoms with Crippen molar-refractivity contribution in [1.82, 2.24) is 29.7 Å². The highest BCUT2D eigenvalue weighted by Gasteiger charge is 2.33. The molecule has 0 saturated heterocycles. The van der Waals surface area contributed by atoms with Crippen LogP contribution in [0.3, 0.4) is 0 Å². The number of thiazole rings is 1. The Bertz CT molecular complexity index is 1570. The lowest BCUT2D eigenvalue weighted by atomic mass is 10.0. The minimum Gasteiger partial charge on any atom is -0.496 e. The van der Waals surface area contributed by atoms with E-state index in [9.17, 15) is 14.7 Å². The number of carboxylic acid groups (broad SMARTS) is 1. The average Bonchev–Trinajstić information content (AvgIpc) is 3.46. The van der Waals surface area contributed by atoms with Crippen molar-refractivity contribution in [1.29, 1.82) is 0 Å². The number of aromatic nitrogens is 6. The molecule has 0 aliphatic carbocycles. The third kappa shape index (κ3) is 4.65. The number of nitrogens with two attached hydrogens (primary N) is 1. The van der Waals surface area contributed by atoms with Gasteiger partial charge in [-0.3, -0.25) is 14.6 Å². The Morgan fingerprint density at radius 3 is 2.82 bits per heavy atom. The van der Waals surface area contributed by atoms with Crippen LogP contribution in [0.4, 0.5) is 11.1 Å². The van der Waals surface area contributed by atoms with E-state index in [1.807, 2.05) is 13.8 Å². The second kappa shape index (κ2) is 10.2. The molecule has 4 aromatic rings. The maximum Gasteiger partial charge on any atom is 0.312 e. The summed E-state index contributed by atoms with van der Waals surface area (Å²) in [6, 6.07) is 0. The molecule has 0 fully saturated rings. The summed E-state index contributed by atoms with van der Waals surface area (Å²) in [5.74, 6) is -1.07. The molecule has 12 nitrogen and oxygen atoms in total. The van der Waals surface area contributed by atoms with Crippen molar-refractivity contribution in [3.8, 4) is 5.75 Å². The van der Waals surface area contributed by atoms with Crippen LogP contribution in [-0.4, -0.2) is 59.1 Å². The Kier molecular flexibility index (Phi) is 6.92. The molecule has 2 atom stereocenters. The van der Waals surface area contributed by atoms with Gasteiger partial charge in [0.1, 0.15) is 10.8 Å². The minimum atomic E-state index is -0.943. The second-order valence-corrected chi connectivity index (χ2v) is 11.0. The van der Waals surface area contributed by atoms with Crippen LogP contribution in [0.2, 0.25) is 0 Å². The quantitative estimate of drug-likeness (QED) is 0.273. The van der Waals surface area contributed by atoms with E-state index in [1.54, 1.807) is 30.3 Å². The zero-order valence-corrected chi connectivity index (χ0v) is 22.8. The zero-order valence-electron chi connectivity index (χ0n) is 21.2. The van der Waals surface area contributed by atoms with E-state index in [2.05, 4.69) is 25.3 Å². The molecular formula is C24H26N8O4S2. The largest absolute Gasteiger partial charge is 0.496 e. The number of carbonyl (C=O) groups is 2. The van der Waals surface area contributed by atoms with Gasteiger partial charge < -0.3 is 20.9 Å². The summed E-state index contributed by atoms with van der Waals surface area (Å²) >= 11 is 2.49. The van der Waals surface area contributed by atoms with Crippen LogP contribution in [0.5, 0.6) is 5.75 Å². The molecule has 38 heavy (non-hydrogen) atoms. The molecule has 1 amide bonds. The van der Waals surface area contributed by atoms with Crippen LogP contribution in [0.25, 0.3) is 11.0 Å². The van der Waals surface area contributed by atoms with Gasteiger partial charge in [-0.25, -0.2) is 14.6 Å². The molecule has 0 spiro atoms. The van der Waals surface area contributed by atoms with Crippen LogP contribution in [0, 0.1) is 13.8 Å². The maximum absolute atomic E-state index is 13.2. The van der Waals surface area contributed by atoms with Crippen LogP contribution in [-0.2, 0) is 22.6 Å². The Balaban J connectivity index is 1.41. The van der Waals surface area contributed by atoms with Crippen molar-refractivity contribution in [2.24, 2.45) is 0 Å². The molecule has 4 aromatic heterocycles. The van der Waals surface area contributed by atoms with E-state index >= 15 is 0 Å². The van der Waals surface area contributed by atoms with Gasteiger partial charge in [0.15, 0.2) is 10.8 Å². The van der Waals surface area contributed by atoms with Crippen LogP contribution in [0.15, 0.2) is 16.6 Å². The number of pyridine rings is 1. The van der Waals surface area contributed by atoms with Crippen molar-refractivity contribution in [3.05, 3.63) is 39.8 Å². The number of ether oxygens (including phenoxy) is 1. The fourth-order valence-electron chi connectivity index (χ4n) is 4.54. The van der Waals surface area contributed by atoms with Gasteiger partial charge in [0.05, 0.1) is 47.3 Å². The van der Waals surface area contributed by atoms with E-state index in [0.717, 1.165) is 28.0 Å². The van der Waals surface area contributed by atoms with Gasteiger partial charge in [-0.1, -0.05) is 18.7 Å². The van der Waals surface area contributed by atoms with E-state index in [1.165, 1.54) is 23.1 Å².